The van der Waals surface area contributed by atoms with Crippen molar-refractivity contribution in [2.75, 3.05) is 12.4 Å². The SMILES string of the molecule is COc1ccccc1CNC(=O)c1cc(Nc2ccccc2C(C)(C)C)ncn1. The number of methoxy groups -OCH3 is 1. The number of anilines is 2. The first-order valence-corrected chi connectivity index (χ1v) is 9.47. The summed E-state index contributed by atoms with van der Waals surface area (Å²) in [6.45, 7) is 6.82. The summed E-state index contributed by atoms with van der Waals surface area (Å²) in [4.78, 5) is 21.0. The Bertz CT molecular complexity index is 996. The molecule has 3 aromatic rings. The number of amides is 1. The van der Waals surface area contributed by atoms with Crippen LogP contribution in [0, 0.1) is 0 Å². The molecule has 0 radical (unpaired) electrons. The van der Waals surface area contributed by atoms with Crippen LogP contribution in [0.4, 0.5) is 11.5 Å². The van der Waals surface area contributed by atoms with Crippen molar-refractivity contribution >= 4 is 17.4 Å². The molecule has 2 N–H and O–H groups in total. The van der Waals surface area contributed by atoms with Gasteiger partial charge in [-0.05, 0) is 23.1 Å². The minimum Gasteiger partial charge on any atom is -0.496 e. The van der Waals surface area contributed by atoms with E-state index in [4.69, 9.17) is 4.74 Å². The van der Waals surface area contributed by atoms with Crippen LogP contribution in [0.3, 0.4) is 0 Å². The molecule has 0 aliphatic carbocycles. The van der Waals surface area contributed by atoms with Gasteiger partial charge < -0.3 is 15.4 Å². The molecule has 0 unspecified atom stereocenters. The van der Waals surface area contributed by atoms with Gasteiger partial charge >= 0.3 is 0 Å². The zero-order valence-corrected chi connectivity index (χ0v) is 17.2. The maximum atomic E-state index is 12.6. The Morgan fingerprint density at radius 2 is 1.76 bits per heavy atom. The van der Waals surface area contributed by atoms with Crippen LogP contribution >= 0.6 is 0 Å². The maximum absolute atomic E-state index is 12.6. The molecular weight excluding hydrogens is 364 g/mol. The number of ether oxygens (including phenoxy) is 1. The highest BCUT2D eigenvalue weighted by Gasteiger charge is 2.18. The molecule has 2 aromatic carbocycles. The summed E-state index contributed by atoms with van der Waals surface area (Å²) in [7, 11) is 1.61. The number of nitrogens with one attached hydrogen (secondary N) is 2. The van der Waals surface area contributed by atoms with Gasteiger partial charge in [-0.1, -0.05) is 57.2 Å². The van der Waals surface area contributed by atoms with Gasteiger partial charge in [0.15, 0.2) is 0 Å². The lowest BCUT2D eigenvalue weighted by atomic mass is 9.86. The van der Waals surface area contributed by atoms with Crippen molar-refractivity contribution in [1.29, 1.82) is 0 Å². The number of benzene rings is 2. The van der Waals surface area contributed by atoms with Crippen LogP contribution in [0.5, 0.6) is 5.75 Å². The van der Waals surface area contributed by atoms with Crippen molar-refractivity contribution < 1.29 is 9.53 Å². The lowest BCUT2D eigenvalue weighted by Gasteiger charge is -2.23. The molecule has 0 saturated carbocycles. The fraction of sp³-hybridized carbons (Fsp3) is 0.261. The molecule has 0 fully saturated rings. The monoisotopic (exact) mass is 390 g/mol. The number of aromatic nitrogens is 2. The van der Waals surface area contributed by atoms with E-state index in [2.05, 4.69) is 47.4 Å². The van der Waals surface area contributed by atoms with E-state index < -0.39 is 0 Å². The van der Waals surface area contributed by atoms with Crippen molar-refractivity contribution in [2.24, 2.45) is 0 Å². The predicted octanol–water partition coefficient (Wildman–Crippen LogP) is 4.46. The van der Waals surface area contributed by atoms with Gasteiger partial charge in [0.25, 0.3) is 5.91 Å². The average molecular weight is 390 g/mol. The summed E-state index contributed by atoms with van der Waals surface area (Å²) < 4.78 is 5.32. The highest BCUT2D eigenvalue weighted by Crippen LogP contribution is 2.30. The summed E-state index contributed by atoms with van der Waals surface area (Å²) in [6.07, 6.45) is 1.39. The van der Waals surface area contributed by atoms with Gasteiger partial charge in [0.2, 0.25) is 0 Å². The Kier molecular flexibility index (Phi) is 6.12. The van der Waals surface area contributed by atoms with Gasteiger partial charge in [0, 0.05) is 23.9 Å². The fourth-order valence-electron chi connectivity index (χ4n) is 3.05. The number of nitrogens with zero attached hydrogens (tertiary/aromatic N) is 2. The smallest absolute Gasteiger partial charge is 0.270 e. The van der Waals surface area contributed by atoms with Crippen LogP contribution in [-0.4, -0.2) is 23.0 Å². The van der Waals surface area contributed by atoms with Gasteiger partial charge in [-0.3, -0.25) is 4.79 Å². The second kappa shape index (κ2) is 8.73. The summed E-state index contributed by atoms with van der Waals surface area (Å²) in [5, 5.41) is 6.19. The van der Waals surface area contributed by atoms with Crippen molar-refractivity contribution in [1.82, 2.24) is 15.3 Å². The van der Waals surface area contributed by atoms with Gasteiger partial charge in [-0.15, -0.1) is 0 Å². The normalized spacial score (nSPS) is 11.0. The zero-order chi connectivity index (χ0) is 20.9. The Balaban J connectivity index is 1.74. The van der Waals surface area contributed by atoms with Crippen LogP contribution in [-0.2, 0) is 12.0 Å². The highest BCUT2D eigenvalue weighted by atomic mass is 16.5. The second-order valence-corrected chi connectivity index (χ2v) is 7.70. The fourth-order valence-corrected chi connectivity index (χ4v) is 3.05. The topological polar surface area (TPSA) is 76.1 Å². The van der Waals surface area contributed by atoms with E-state index >= 15 is 0 Å². The Morgan fingerprint density at radius 1 is 1.03 bits per heavy atom. The lowest BCUT2D eigenvalue weighted by molar-refractivity contribution is 0.0945. The number of carbonyl (C=O) groups is 1. The van der Waals surface area contributed by atoms with Gasteiger partial charge in [-0.25, -0.2) is 9.97 Å². The molecule has 0 aliphatic rings. The summed E-state index contributed by atoms with van der Waals surface area (Å²) in [5.41, 5.74) is 3.30. The number of hydrogen-bond acceptors (Lipinski definition) is 5. The Morgan fingerprint density at radius 3 is 2.52 bits per heavy atom. The molecule has 0 atom stereocenters. The Hall–Kier alpha value is -3.41. The lowest BCUT2D eigenvalue weighted by Crippen LogP contribution is -2.24. The van der Waals surface area contributed by atoms with E-state index in [1.54, 1.807) is 13.2 Å². The van der Waals surface area contributed by atoms with E-state index in [1.807, 2.05) is 42.5 Å². The minimum absolute atomic E-state index is 0.0223. The standard InChI is InChI=1S/C23H26N4O2/c1-23(2,3)17-10-6-7-11-18(17)27-21-13-19(25-15-26-21)22(28)24-14-16-9-5-8-12-20(16)29-4/h5-13,15H,14H2,1-4H3,(H,24,28)(H,25,26,27). The van der Waals surface area contributed by atoms with E-state index in [0.29, 0.717) is 18.1 Å². The first kappa shape index (κ1) is 20.3. The number of para-hydroxylation sites is 2. The van der Waals surface area contributed by atoms with Crippen LogP contribution in [0.1, 0.15) is 42.4 Å². The molecule has 0 bridgehead atoms. The van der Waals surface area contributed by atoms with E-state index in [1.165, 1.54) is 11.9 Å². The van der Waals surface area contributed by atoms with Crippen molar-refractivity contribution in [2.45, 2.75) is 32.7 Å². The molecule has 1 amide bonds. The molecule has 1 aromatic heterocycles. The van der Waals surface area contributed by atoms with E-state index in [0.717, 1.165) is 17.0 Å². The number of carbonyl (C=O) groups excluding carboxylic acids is 1. The summed E-state index contributed by atoms with van der Waals surface area (Å²) >= 11 is 0. The van der Waals surface area contributed by atoms with Gasteiger partial charge in [0.1, 0.15) is 23.6 Å². The summed E-state index contributed by atoms with van der Waals surface area (Å²) in [6, 6.07) is 17.3. The molecule has 6 nitrogen and oxygen atoms in total. The molecule has 6 heteroatoms. The van der Waals surface area contributed by atoms with Gasteiger partial charge in [0.05, 0.1) is 7.11 Å². The molecular formula is C23H26N4O2. The third-order valence-corrected chi connectivity index (χ3v) is 4.53. The molecule has 29 heavy (non-hydrogen) atoms. The van der Waals surface area contributed by atoms with Crippen LogP contribution in [0.15, 0.2) is 60.9 Å². The minimum atomic E-state index is -0.273. The largest absolute Gasteiger partial charge is 0.496 e. The predicted molar refractivity (Wildman–Crippen MR) is 115 cm³/mol. The molecule has 3 rings (SSSR count). The number of hydrogen-bond donors (Lipinski definition) is 2. The average Bonchev–Trinajstić information content (AvgIpc) is 2.72. The second-order valence-electron chi connectivity index (χ2n) is 7.70. The first-order chi connectivity index (χ1) is 13.9. The van der Waals surface area contributed by atoms with Crippen LogP contribution in [0.2, 0.25) is 0 Å². The van der Waals surface area contributed by atoms with E-state index in [9.17, 15) is 4.79 Å². The van der Waals surface area contributed by atoms with Crippen molar-refractivity contribution in [3.05, 3.63) is 77.7 Å². The molecule has 0 spiro atoms. The number of rotatable bonds is 6. The third-order valence-electron chi connectivity index (χ3n) is 4.53. The summed E-state index contributed by atoms with van der Waals surface area (Å²) in [5.74, 6) is 1.03. The van der Waals surface area contributed by atoms with Gasteiger partial charge in [-0.2, -0.15) is 0 Å². The van der Waals surface area contributed by atoms with Crippen LogP contribution in [0.25, 0.3) is 0 Å². The maximum Gasteiger partial charge on any atom is 0.270 e. The third kappa shape index (κ3) is 5.10. The Labute approximate surface area is 171 Å². The molecule has 1 heterocycles. The quantitative estimate of drug-likeness (QED) is 0.650. The first-order valence-electron chi connectivity index (χ1n) is 9.47. The molecule has 150 valence electrons. The zero-order valence-electron chi connectivity index (χ0n) is 17.2. The van der Waals surface area contributed by atoms with Crippen molar-refractivity contribution in [3.63, 3.8) is 0 Å². The van der Waals surface area contributed by atoms with Crippen LogP contribution < -0.4 is 15.4 Å². The molecule has 0 saturated heterocycles. The van der Waals surface area contributed by atoms with Crippen molar-refractivity contribution in [3.8, 4) is 5.75 Å². The van der Waals surface area contributed by atoms with E-state index in [-0.39, 0.29) is 11.3 Å². The molecule has 0 aliphatic heterocycles. The highest BCUT2D eigenvalue weighted by molar-refractivity contribution is 5.93.